The minimum atomic E-state index is -1.67. The van der Waals surface area contributed by atoms with Gasteiger partial charge < -0.3 is 4.53 Å². The lowest BCUT2D eigenvalue weighted by molar-refractivity contribution is 0.0999. The van der Waals surface area contributed by atoms with E-state index in [0.29, 0.717) is 6.42 Å². The molecule has 4 heteroatoms. The minimum absolute atomic E-state index is 0.0929. The molecule has 0 amide bonds. The van der Waals surface area contributed by atoms with Gasteiger partial charge in [-0.3, -0.25) is 4.79 Å². The van der Waals surface area contributed by atoms with Crippen molar-refractivity contribution < 1.29 is 9.32 Å². The zero-order valence-electron chi connectivity index (χ0n) is 11.6. The summed E-state index contributed by atoms with van der Waals surface area (Å²) in [6.45, 7) is 8.21. The molecule has 1 rings (SSSR count). The molecule has 98 valence electrons. The lowest BCUT2D eigenvalue weighted by Crippen LogP contribution is -2.23. The van der Waals surface area contributed by atoms with Gasteiger partial charge in [0.2, 0.25) is 0 Å². The molecule has 0 unspecified atom stereocenters. The molecule has 18 heavy (non-hydrogen) atoms. The topological polar surface area (TPSA) is 38.7 Å². The molecule has 0 atom stereocenters. The Balaban J connectivity index is 2.67. The maximum Gasteiger partial charge on any atom is 0.278 e. The van der Waals surface area contributed by atoms with Crippen molar-refractivity contribution >= 4 is 19.8 Å². The summed E-state index contributed by atoms with van der Waals surface area (Å²) in [4.78, 5) is 12.0. The number of hydrogen-bond acceptors (Lipinski definition) is 3. The maximum absolute atomic E-state index is 12.0. The molecule has 0 spiro atoms. The number of ketones is 1. The molecule has 0 radical (unpaired) electrons. The fourth-order valence-corrected chi connectivity index (χ4v) is 1.74. The van der Waals surface area contributed by atoms with Crippen molar-refractivity contribution in [3.63, 3.8) is 0 Å². The average molecular weight is 263 g/mol. The molecule has 0 saturated heterocycles. The third-order valence-electron chi connectivity index (χ3n) is 2.32. The molecule has 0 heterocycles. The molecular formula is C14H21NO2Si. The number of carbonyl (C=O) groups is 1. The van der Waals surface area contributed by atoms with Crippen molar-refractivity contribution in [2.75, 3.05) is 0 Å². The molecule has 1 aromatic carbocycles. The fraction of sp³-hybridized carbons (Fsp3) is 0.429. The van der Waals surface area contributed by atoms with Gasteiger partial charge in [0.25, 0.3) is 8.32 Å². The van der Waals surface area contributed by atoms with Crippen LogP contribution in [0.2, 0.25) is 19.6 Å². The van der Waals surface area contributed by atoms with Gasteiger partial charge in [0.05, 0.1) is 12.1 Å². The first-order valence-electron chi connectivity index (χ1n) is 6.24. The number of oxime groups is 1. The summed E-state index contributed by atoms with van der Waals surface area (Å²) in [5.41, 5.74) is 1.54. The zero-order valence-corrected chi connectivity index (χ0v) is 12.6. The van der Waals surface area contributed by atoms with Crippen LogP contribution in [-0.2, 0) is 4.53 Å². The minimum Gasteiger partial charge on any atom is -0.456 e. The highest BCUT2D eigenvalue weighted by Crippen LogP contribution is 2.08. The van der Waals surface area contributed by atoms with Gasteiger partial charge >= 0.3 is 0 Å². The summed E-state index contributed by atoms with van der Waals surface area (Å²) >= 11 is 0. The Hall–Kier alpha value is -1.42. The lowest BCUT2D eigenvalue weighted by Gasteiger charge is -2.14. The molecule has 0 aliphatic carbocycles. The van der Waals surface area contributed by atoms with E-state index < -0.39 is 8.32 Å². The van der Waals surface area contributed by atoms with Gasteiger partial charge in [-0.05, 0) is 26.1 Å². The van der Waals surface area contributed by atoms with Crippen LogP contribution in [0.15, 0.2) is 35.5 Å². The molecule has 0 N–H and O–H groups in total. The maximum atomic E-state index is 12.0. The fourth-order valence-electron chi connectivity index (χ4n) is 1.33. The van der Waals surface area contributed by atoms with Gasteiger partial charge in [0.1, 0.15) is 0 Å². The van der Waals surface area contributed by atoms with Crippen molar-refractivity contribution in [3.05, 3.63) is 35.9 Å². The second-order valence-corrected chi connectivity index (χ2v) is 9.59. The first kappa shape index (κ1) is 14.6. The normalized spacial score (nSPS) is 12.3. The molecule has 3 nitrogen and oxygen atoms in total. The van der Waals surface area contributed by atoms with E-state index in [2.05, 4.69) is 24.8 Å². The van der Waals surface area contributed by atoms with Crippen LogP contribution >= 0.6 is 0 Å². The van der Waals surface area contributed by atoms with Gasteiger partial charge in [0, 0.05) is 5.56 Å². The Morgan fingerprint density at radius 2 is 1.83 bits per heavy atom. The smallest absolute Gasteiger partial charge is 0.278 e. The first-order valence-corrected chi connectivity index (χ1v) is 9.65. The number of Topliss-reactive ketones (excluding diaryl/α,β-unsaturated/α-hetero) is 1. The first-order chi connectivity index (χ1) is 8.42. The number of carbonyl (C=O) groups excluding carboxylic acids is 1. The number of nitrogens with zero attached hydrogens (tertiary/aromatic N) is 1. The highest BCUT2D eigenvalue weighted by molar-refractivity contribution is 6.69. The summed E-state index contributed by atoms with van der Waals surface area (Å²) in [5.74, 6) is 0.0929. The Bertz CT molecular complexity index is 421. The summed E-state index contributed by atoms with van der Waals surface area (Å²) in [6, 6.07) is 9.30. The standard InChI is InChI=1S/C14H21NO2Si/c1-5-13(15-17-18(2,3)4)11-14(16)12-9-7-6-8-10-12/h6-10H,5,11H2,1-4H3. The van der Waals surface area contributed by atoms with Crippen LogP contribution in [0.5, 0.6) is 0 Å². The van der Waals surface area contributed by atoms with E-state index in [1.165, 1.54) is 0 Å². The second-order valence-electron chi connectivity index (χ2n) is 5.18. The monoisotopic (exact) mass is 263 g/mol. The number of benzene rings is 1. The molecular weight excluding hydrogens is 242 g/mol. The van der Waals surface area contributed by atoms with Crippen molar-refractivity contribution in [2.24, 2.45) is 5.16 Å². The Labute approximate surface area is 110 Å². The van der Waals surface area contributed by atoms with E-state index in [1.807, 2.05) is 37.3 Å². The molecule has 0 fully saturated rings. The number of hydrogen-bond donors (Lipinski definition) is 0. The molecule has 0 saturated carbocycles. The molecule has 0 aliphatic heterocycles. The van der Waals surface area contributed by atoms with Gasteiger partial charge in [-0.15, -0.1) is 5.16 Å². The SMILES string of the molecule is CCC(CC(=O)c1ccccc1)=NO[Si](C)(C)C. The van der Waals surface area contributed by atoms with Crippen LogP contribution in [0, 0.1) is 0 Å². The lowest BCUT2D eigenvalue weighted by atomic mass is 10.0. The van der Waals surface area contributed by atoms with E-state index >= 15 is 0 Å². The molecule has 1 aromatic rings. The molecule has 0 bridgehead atoms. The van der Waals surface area contributed by atoms with Gasteiger partial charge in [-0.1, -0.05) is 37.3 Å². The largest absolute Gasteiger partial charge is 0.456 e. The number of rotatable bonds is 6. The highest BCUT2D eigenvalue weighted by atomic mass is 28.4. The van der Waals surface area contributed by atoms with Crippen LogP contribution in [0.4, 0.5) is 0 Å². The third-order valence-corrected chi connectivity index (χ3v) is 2.96. The van der Waals surface area contributed by atoms with Gasteiger partial charge in [-0.2, -0.15) is 0 Å². The van der Waals surface area contributed by atoms with Crippen molar-refractivity contribution in [1.82, 2.24) is 0 Å². The quantitative estimate of drug-likeness (QED) is 0.338. The van der Waals surface area contributed by atoms with E-state index in [0.717, 1.165) is 17.7 Å². The van der Waals surface area contributed by atoms with E-state index in [9.17, 15) is 4.79 Å². The van der Waals surface area contributed by atoms with Crippen molar-refractivity contribution in [3.8, 4) is 0 Å². The van der Waals surface area contributed by atoms with Gasteiger partial charge in [-0.25, -0.2) is 0 Å². The Morgan fingerprint density at radius 3 is 2.33 bits per heavy atom. The Morgan fingerprint density at radius 1 is 1.22 bits per heavy atom. The highest BCUT2D eigenvalue weighted by Gasteiger charge is 2.17. The predicted molar refractivity (Wildman–Crippen MR) is 77.5 cm³/mol. The van der Waals surface area contributed by atoms with E-state index in [-0.39, 0.29) is 5.78 Å². The average Bonchev–Trinajstić information content (AvgIpc) is 2.34. The van der Waals surface area contributed by atoms with Crippen molar-refractivity contribution in [2.45, 2.75) is 39.4 Å². The second kappa shape index (κ2) is 6.49. The van der Waals surface area contributed by atoms with Gasteiger partial charge in [0.15, 0.2) is 5.78 Å². The third kappa shape index (κ3) is 5.27. The Kier molecular flexibility index (Phi) is 5.28. The summed E-state index contributed by atoms with van der Waals surface area (Å²) in [7, 11) is -1.67. The summed E-state index contributed by atoms with van der Waals surface area (Å²) < 4.78 is 5.49. The van der Waals surface area contributed by atoms with Crippen LogP contribution in [-0.4, -0.2) is 19.8 Å². The molecule has 0 aromatic heterocycles. The van der Waals surface area contributed by atoms with Crippen LogP contribution in [0.25, 0.3) is 0 Å². The molecule has 0 aliphatic rings. The van der Waals surface area contributed by atoms with Crippen LogP contribution in [0.1, 0.15) is 30.1 Å². The van der Waals surface area contributed by atoms with E-state index in [1.54, 1.807) is 0 Å². The zero-order chi connectivity index (χ0) is 13.6. The van der Waals surface area contributed by atoms with Crippen LogP contribution in [0.3, 0.4) is 0 Å². The van der Waals surface area contributed by atoms with Crippen LogP contribution < -0.4 is 0 Å². The predicted octanol–water partition coefficient (Wildman–Crippen LogP) is 3.88. The van der Waals surface area contributed by atoms with E-state index in [4.69, 9.17) is 4.53 Å². The summed E-state index contributed by atoms with van der Waals surface area (Å²) in [5, 5.41) is 4.14. The van der Waals surface area contributed by atoms with Crippen molar-refractivity contribution in [1.29, 1.82) is 0 Å². The summed E-state index contributed by atoms with van der Waals surface area (Å²) in [6.07, 6.45) is 1.08.